The number of hydrogen-bond acceptors (Lipinski definition) is 3. The highest BCUT2D eigenvalue weighted by atomic mass is 15.1. The molecule has 102 valence electrons. The van der Waals surface area contributed by atoms with Crippen molar-refractivity contribution in [2.75, 3.05) is 19.6 Å². The van der Waals surface area contributed by atoms with E-state index in [1.165, 1.54) is 12.8 Å². The van der Waals surface area contributed by atoms with Crippen LogP contribution in [0.2, 0.25) is 0 Å². The lowest BCUT2D eigenvalue weighted by atomic mass is 9.88. The monoisotopic (exact) mass is 249 g/mol. The highest BCUT2D eigenvalue weighted by molar-refractivity contribution is 5.03. The van der Waals surface area contributed by atoms with E-state index in [1.807, 2.05) is 18.3 Å². The first-order chi connectivity index (χ1) is 8.57. The first-order valence-electron chi connectivity index (χ1n) is 6.90. The molecule has 2 N–H and O–H groups in total. The first-order valence-corrected chi connectivity index (χ1v) is 6.90. The predicted octanol–water partition coefficient (Wildman–Crippen LogP) is 2.67. The van der Waals surface area contributed by atoms with E-state index in [-0.39, 0.29) is 5.41 Å². The van der Waals surface area contributed by atoms with Crippen molar-refractivity contribution in [2.45, 2.75) is 40.2 Å². The van der Waals surface area contributed by atoms with Crippen molar-refractivity contribution in [3.05, 3.63) is 30.1 Å². The highest BCUT2D eigenvalue weighted by Crippen LogP contribution is 2.20. The fourth-order valence-corrected chi connectivity index (χ4v) is 1.95. The molecular weight excluding hydrogens is 222 g/mol. The van der Waals surface area contributed by atoms with Gasteiger partial charge in [0.05, 0.1) is 5.69 Å². The number of nitrogens with zero attached hydrogens (tertiary/aromatic N) is 2. The van der Waals surface area contributed by atoms with Gasteiger partial charge in [-0.3, -0.25) is 9.88 Å². The summed E-state index contributed by atoms with van der Waals surface area (Å²) in [6.45, 7) is 10.6. The third-order valence-corrected chi connectivity index (χ3v) is 3.44. The highest BCUT2D eigenvalue weighted by Gasteiger charge is 2.15. The van der Waals surface area contributed by atoms with Crippen LogP contribution in [0.15, 0.2) is 24.4 Å². The van der Waals surface area contributed by atoms with Gasteiger partial charge in [-0.25, -0.2) is 0 Å². The van der Waals surface area contributed by atoms with Crippen molar-refractivity contribution < 1.29 is 0 Å². The SMILES string of the molecule is CCN(CCCC(C)(C)CN)Cc1ccccn1. The maximum Gasteiger partial charge on any atom is 0.0543 e. The molecule has 0 aliphatic heterocycles. The number of pyridine rings is 1. The molecule has 0 saturated heterocycles. The smallest absolute Gasteiger partial charge is 0.0543 e. The maximum atomic E-state index is 5.76. The summed E-state index contributed by atoms with van der Waals surface area (Å²) in [5, 5.41) is 0. The van der Waals surface area contributed by atoms with E-state index in [2.05, 4.69) is 36.7 Å². The van der Waals surface area contributed by atoms with Crippen LogP contribution in [0, 0.1) is 5.41 Å². The molecule has 1 heterocycles. The van der Waals surface area contributed by atoms with Crippen LogP contribution < -0.4 is 5.73 Å². The Morgan fingerprint density at radius 1 is 1.33 bits per heavy atom. The van der Waals surface area contributed by atoms with Crippen LogP contribution in [-0.4, -0.2) is 29.5 Å². The molecule has 0 fully saturated rings. The number of hydrogen-bond donors (Lipinski definition) is 1. The minimum Gasteiger partial charge on any atom is -0.330 e. The summed E-state index contributed by atoms with van der Waals surface area (Å²) in [5.74, 6) is 0. The summed E-state index contributed by atoms with van der Waals surface area (Å²) in [7, 11) is 0. The van der Waals surface area contributed by atoms with Gasteiger partial charge in [-0.15, -0.1) is 0 Å². The first kappa shape index (κ1) is 15.1. The molecule has 0 aliphatic rings. The van der Waals surface area contributed by atoms with Crippen molar-refractivity contribution in [1.29, 1.82) is 0 Å². The van der Waals surface area contributed by atoms with Gasteiger partial charge in [-0.1, -0.05) is 26.8 Å². The molecule has 3 heteroatoms. The second-order valence-corrected chi connectivity index (χ2v) is 5.66. The Hall–Kier alpha value is -0.930. The van der Waals surface area contributed by atoms with Gasteiger partial charge < -0.3 is 5.73 Å². The lowest BCUT2D eigenvalue weighted by Gasteiger charge is -2.25. The van der Waals surface area contributed by atoms with Crippen LogP contribution in [-0.2, 0) is 6.54 Å². The molecule has 0 spiro atoms. The normalized spacial score (nSPS) is 12.1. The fraction of sp³-hybridized carbons (Fsp3) is 0.667. The molecule has 0 unspecified atom stereocenters. The maximum absolute atomic E-state index is 5.76. The van der Waals surface area contributed by atoms with Crippen molar-refractivity contribution in [1.82, 2.24) is 9.88 Å². The molecule has 1 rings (SSSR count). The van der Waals surface area contributed by atoms with Crippen LogP contribution in [0.5, 0.6) is 0 Å². The largest absolute Gasteiger partial charge is 0.330 e. The standard InChI is InChI=1S/C15H27N3/c1-4-18(11-7-9-15(2,3)13-16)12-14-8-5-6-10-17-14/h5-6,8,10H,4,7,9,11-13,16H2,1-3H3. The molecule has 1 aromatic rings. The quantitative estimate of drug-likeness (QED) is 0.770. The van der Waals surface area contributed by atoms with E-state index in [1.54, 1.807) is 0 Å². The van der Waals surface area contributed by atoms with Crippen LogP contribution in [0.25, 0.3) is 0 Å². The van der Waals surface area contributed by atoms with Crippen LogP contribution in [0.4, 0.5) is 0 Å². The minimum absolute atomic E-state index is 0.268. The Bertz CT molecular complexity index is 322. The van der Waals surface area contributed by atoms with Gasteiger partial charge in [-0.2, -0.15) is 0 Å². The lowest BCUT2D eigenvalue weighted by Crippen LogP contribution is -2.28. The molecule has 0 aliphatic carbocycles. The van der Waals surface area contributed by atoms with Gasteiger partial charge in [-0.05, 0) is 50.0 Å². The number of nitrogens with two attached hydrogens (primary N) is 1. The zero-order valence-corrected chi connectivity index (χ0v) is 12.0. The summed E-state index contributed by atoms with van der Waals surface area (Å²) in [5.41, 5.74) is 7.17. The number of aromatic nitrogens is 1. The summed E-state index contributed by atoms with van der Waals surface area (Å²) in [6.07, 6.45) is 4.24. The molecule has 0 atom stereocenters. The average Bonchev–Trinajstić information content (AvgIpc) is 2.38. The minimum atomic E-state index is 0.268. The van der Waals surface area contributed by atoms with Gasteiger partial charge in [0.15, 0.2) is 0 Å². The van der Waals surface area contributed by atoms with E-state index >= 15 is 0 Å². The zero-order valence-electron chi connectivity index (χ0n) is 12.0. The fourth-order valence-electron chi connectivity index (χ4n) is 1.95. The molecule has 18 heavy (non-hydrogen) atoms. The van der Waals surface area contributed by atoms with Gasteiger partial charge in [0.25, 0.3) is 0 Å². The van der Waals surface area contributed by atoms with Crippen molar-refractivity contribution in [3.8, 4) is 0 Å². The average molecular weight is 249 g/mol. The second kappa shape index (κ2) is 7.49. The topological polar surface area (TPSA) is 42.1 Å². The zero-order chi connectivity index (χ0) is 13.4. The van der Waals surface area contributed by atoms with E-state index < -0.39 is 0 Å². The predicted molar refractivity (Wildman–Crippen MR) is 77.3 cm³/mol. The van der Waals surface area contributed by atoms with E-state index in [4.69, 9.17) is 5.73 Å². The molecule has 0 bridgehead atoms. The summed E-state index contributed by atoms with van der Waals surface area (Å²) >= 11 is 0. The summed E-state index contributed by atoms with van der Waals surface area (Å²) in [6, 6.07) is 6.10. The van der Waals surface area contributed by atoms with Gasteiger partial charge >= 0.3 is 0 Å². The Labute approximate surface area is 111 Å². The second-order valence-electron chi connectivity index (χ2n) is 5.66. The molecule has 0 amide bonds. The van der Waals surface area contributed by atoms with Gasteiger partial charge in [0.2, 0.25) is 0 Å². The Morgan fingerprint density at radius 3 is 2.67 bits per heavy atom. The molecule has 0 radical (unpaired) electrons. The molecule has 1 aromatic heterocycles. The molecule has 0 saturated carbocycles. The van der Waals surface area contributed by atoms with E-state index in [0.717, 1.165) is 31.9 Å². The van der Waals surface area contributed by atoms with Gasteiger partial charge in [0.1, 0.15) is 0 Å². The molecular formula is C15H27N3. The number of rotatable bonds is 8. The van der Waals surface area contributed by atoms with Crippen molar-refractivity contribution in [3.63, 3.8) is 0 Å². The summed E-state index contributed by atoms with van der Waals surface area (Å²) < 4.78 is 0. The van der Waals surface area contributed by atoms with Crippen LogP contribution in [0.3, 0.4) is 0 Å². The molecule has 0 aromatic carbocycles. The van der Waals surface area contributed by atoms with Crippen LogP contribution in [0.1, 0.15) is 39.3 Å². The Kier molecular flexibility index (Phi) is 6.30. The van der Waals surface area contributed by atoms with E-state index in [9.17, 15) is 0 Å². The molecule has 3 nitrogen and oxygen atoms in total. The Balaban J connectivity index is 2.34. The van der Waals surface area contributed by atoms with E-state index in [0.29, 0.717) is 0 Å². The third-order valence-electron chi connectivity index (χ3n) is 3.44. The van der Waals surface area contributed by atoms with Crippen molar-refractivity contribution in [2.24, 2.45) is 11.1 Å². The third kappa shape index (κ3) is 5.61. The van der Waals surface area contributed by atoms with Crippen LogP contribution >= 0.6 is 0 Å². The van der Waals surface area contributed by atoms with Gasteiger partial charge in [0, 0.05) is 12.7 Å². The van der Waals surface area contributed by atoms with Crippen molar-refractivity contribution >= 4 is 0 Å². The summed E-state index contributed by atoms with van der Waals surface area (Å²) in [4.78, 5) is 6.82. The lowest BCUT2D eigenvalue weighted by molar-refractivity contribution is 0.244. The Morgan fingerprint density at radius 2 is 2.11 bits per heavy atom.